The molecule has 0 bridgehead atoms. The Kier molecular flexibility index (Phi) is 3.91. The lowest BCUT2D eigenvalue weighted by Crippen LogP contribution is -2.34. The van der Waals surface area contributed by atoms with Gasteiger partial charge in [-0.3, -0.25) is 0 Å². The van der Waals surface area contributed by atoms with Gasteiger partial charge >= 0.3 is 0 Å². The molecular weight excluding hydrogens is 336 g/mol. The van der Waals surface area contributed by atoms with Crippen LogP contribution in [0.3, 0.4) is 0 Å². The van der Waals surface area contributed by atoms with E-state index in [1.807, 2.05) is 24.1 Å². The Bertz CT molecular complexity index is 899. The summed E-state index contributed by atoms with van der Waals surface area (Å²) >= 11 is 0. The van der Waals surface area contributed by atoms with Crippen LogP contribution < -0.4 is 9.80 Å². The topological polar surface area (TPSA) is 66.4 Å². The lowest BCUT2D eigenvalue weighted by molar-refractivity contribution is 0.600. The quantitative estimate of drug-likeness (QED) is 0.838. The van der Waals surface area contributed by atoms with Gasteiger partial charge in [0.25, 0.3) is 0 Å². The van der Waals surface area contributed by atoms with E-state index in [9.17, 15) is 8.42 Å². The number of hydrogen-bond acceptors (Lipinski definition) is 6. The molecule has 0 amide bonds. The minimum atomic E-state index is -2.92. The van der Waals surface area contributed by atoms with Gasteiger partial charge < -0.3 is 9.80 Å². The molecule has 2 aliphatic rings. The van der Waals surface area contributed by atoms with Gasteiger partial charge in [-0.2, -0.15) is 4.98 Å². The van der Waals surface area contributed by atoms with Gasteiger partial charge in [0.05, 0.1) is 11.5 Å². The molecular formula is C18H22N4O2S. The lowest BCUT2D eigenvalue weighted by Gasteiger charge is -2.27. The average molecular weight is 358 g/mol. The van der Waals surface area contributed by atoms with E-state index in [1.54, 1.807) is 6.20 Å². The van der Waals surface area contributed by atoms with Crippen LogP contribution in [0.15, 0.2) is 36.5 Å². The molecule has 1 aromatic heterocycles. The van der Waals surface area contributed by atoms with E-state index in [4.69, 9.17) is 4.98 Å². The predicted molar refractivity (Wildman–Crippen MR) is 99.2 cm³/mol. The lowest BCUT2D eigenvalue weighted by atomic mass is 10.1. The molecule has 25 heavy (non-hydrogen) atoms. The van der Waals surface area contributed by atoms with Crippen LogP contribution in [0.2, 0.25) is 0 Å². The van der Waals surface area contributed by atoms with Crippen molar-refractivity contribution in [3.05, 3.63) is 42.1 Å². The Morgan fingerprint density at radius 2 is 2.04 bits per heavy atom. The van der Waals surface area contributed by atoms with Crippen LogP contribution in [0.25, 0.3) is 0 Å². The van der Waals surface area contributed by atoms with Gasteiger partial charge in [-0.1, -0.05) is 18.2 Å². The number of anilines is 3. The Balaban J connectivity index is 1.64. The summed E-state index contributed by atoms with van der Waals surface area (Å²) in [6, 6.07) is 10.5. The number of rotatable bonds is 3. The number of sulfone groups is 1. The van der Waals surface area contributed by atoms with E-state index < -0.39 is 9.84 Å². The third-order valence-corrected chi connectivity index (χ3v) is 6.92. The summed E-state index contributed by atoms with van der Waals surface area (Å²) in [7, 11) is -1.00. The number of hydrogen-bond donors (Lipinski definition) is 0. The Hall–Kier alpha value is -2.15. The summed E-state index contributed by atoms with van der Waals surface area (Å²) < 4.78 is 23.5. The zero-order chi connectivity index (χ0) is 17.6. The molecule has 2 unspecified atom stereocenters. The number of nitrogens with zero attached hydrogens (tertiary/aromatic N) is 4. The minimum absolute atomic E-state index is 0.0176. The molecule has 1 saturated heterocycles. The van der Waals surface area contributed by atoms with Crippen molar-refractivity contribution in [2.24, 2.45) is 0 Å². The fourth-order valence-corrected chi connectivity index (χ4v) is 5.56. The van der Waals surface area contributed by atoms with Gasteiger partial charge in [-0.15, -0.1) is 0 Å². The molecule has 1 fully saturated rings. The van der Waals surface area contributed by atoms with E-state index in [0.717, 1.165) is 17.9 Å². The maximum atomic E-state index is 11.8. The standard InChI is InChI=1S/C18H22N4O2S/c1-13-11-14-5-3-4-6-16(14)22(13)18-19-9-7-17(20-18)21(2)15-8-10-25(23,24)12-15/h3-7,9,13,15H,8,10-12H2,1-2H3. The molecule has 0 N–H and O–H groups in total. The van der Waals surface area contributed by atoms with E-state index in [2.05, 4.69) is 35.0 Å². The zero-order valence-electron chi connectivity index (χ0n) is 14.5. The van der Waals surface area contributed by atoms with Crippen molar-refractivity contribution in [3.8, 4) is 0 Å². The normalized spacial score (nSPS) is 24.3. The van der Waals surface area contributed by atoms with Crippen LogP contribution in [-0.2, 0) is 16.3 Å². The molecule has 2 atom stereocenters. The van der Waals surface area contributed by atoms with E-state index in [1.165, 1.54) is 5.56 Å². The molecule has 0 saturated carbocycles. The summed E-state index contributed by atoms with van der Waals surface area (Å²) in [4.78, 5) is 13.4. The summed E-state index contributed by atoms with van der Waals surface area (Å²) in [5.74, 6) is 1.90. The van der Waals surface area contributed by atoms with Crippen LogP contribution in [0.4, 0.5) is 17.5 Å². The molecule has 2 aromatic rings. The molecule has 0 radical (unpaired) electrons. The van der Waals surface area contributed by atoms with Gasteiger partial charge in [-0.25, -0.2) is 13.4 Å². The predicted octanol–water partition coefficient (Wildman–Crippen LogP) is 2.18. The molecule has 0 spiro atoms. The maximum absolute atomic E-state index is 11.8. The maximum Gasteiger partial charge on any atom is 0.232 e. The monoisotopic (exact) mass is 358 g/mol. The number of aromatic nitrogens is 2. The fourth-order valence-electron chi connectivity index (χ4n) is 3.79. The average Bonchev–Trinajstić information content (AvgIpc) is 3.12. The van der Waals surface area contributed by atoms with Crippen LogP contribution in [0.1, 0.15) is 18.9 Å². The van der Waals surface area contributed by atoms with Gasteiger partial charge in [-0.05, 0) is 37.5 Å². The van der Waals surface area contributed by atoms with Gasteiger partial charge in [0.15, 0.2) is 9.84 Å². The molecule has 3 heterocycles. The summed E-state index contributed by atoms with van der Waals surface area (Å²) in [6.07, 6.45) is 3.38. The highest BCUT2D eigenvalue weighted by Crippen LogP contribution is 2.36. The van der Waals surface area contributed by atoms with Crippen LogP contribution in [-0.4, -0.2) is 49.0 Å². The Morgan fingerprint density at radius 1 is 1.24 bits per heavy atom. The number of fused-ring (bicyclic) bond motifs is 1. The molecule has 1 aromatic carbocycles. The molecule has 6 nitrogen and oxygen atoms in total. The first-order chi connectivity index (χ1) is 11.9. The molecule has 0 aliphatic carbocycles. The van der Waals surface area contributed by atoms with Crippen LogP contribution in [0, 0.1) is 0 Å². The fraction of sp³-hybridized carbons (Fsp3) is 0.444. The first-order valence-corrected chi connectivity index (χ1v) is 10.4. The highest BCUT2D eigenvalue weighted by molar-refractivity contribution is 7.91. The van der Waals surface area contributed by atoms with Crippen molar-refractivity contribution in [2.45, 2.75) is 31.8 Å². The van der Waals surface area contributed by atoms with E-state index >= 15 is 0 Å². The van der Waals surface area contributed by atoms with Crippen molar-refractivity contribution in [2.75, 3.05) is 28.4 Å². The summed E-state index contributed by atoms with van der Waals surface area (Å²) in [5.41, 5.74) is 2.46. The highest BCUT2D eigenvalue weighted by Gasteiger charge is 2.32. The van der Waals surface area contributed by atoms with Crippen molar-refractivity contribution in [1.29, 1.82) is 0 Å². The zero-order valence-corrected chi connectivity index (χ0v) is 15.3. The van der Waals surface area contributed by atoms with Gasteiger partial charge in [0.1, 0.15) is 5.82 Å². The van der Waals surface area contributed by atoms with Crippen molar-refractivity contribution in [1.82, 2.24) is 9.97 Å². The highest BCUT2D eigenvalue weighted by atomic mass is 32.2. The van der Waals surface area contributed by atoms with Gasteiger partial charge in [0.2, 0.25) is 5.95 Å². The summed E-state index contributed by atoms with van der Waals surface area (Å²) in [6.45, 7) is 2.17. The van der Waals surface area contributed by atoms with E-state index in [0.29, 0.717) is 18.4 Å². The summed E-state index contributed by atoms with van der Waals surface area (Å²) in [5, 5.41) is 0. The van der Waals surface area contributed by atoms with Crippen LogP contribution in [0.5, 0.6) is 0 Å². The SMILES string of the molecule is CC1Cc2ccccc2N1c1nccc(N(C)C2CCS(=O)(=O)C2)n1. The Morgan fingerprint density at radius 3 is 2.80 bits per heavy atom. The van der Waals surface area contributed by atoms with E-state index in [-0.39, 0.29) is 17.5 Å². The minimum Gasteiger partial charge on any atom is -0.355 e. The first-order valence-electron chi connectivity index (χ1n) is 8.58. The third kappa shape index (κ3) is 2.97. The van der Waals surface area contributed by atoms with Crippen molar-refractivity contribution in [3.63, 3.8) is 0 Å². The molecule has 7 heteroatoms. The molecule has 4 rings (SSSR count). The van der Waals surface area contributed by atoms with Crippen molar-refractivity contribution < 1.29 is 8.42 Å². The third-order valence-electron chi connectivity index (χ3n) is 5.17. The number of benzene rings is 1. The first kappa shape index (κ1) is 16.3. The van der Waals surface area contributed by atoms with Crippen LogP contribution >= 0.6 is 0 Å². The second-order valence-corrected chi connectivity index (χ2v) is 9.16. The molecule has 132 valence electrons. The van der Waals surface area contributed by atoms with Gasteiger partial charge in [0, 0.05) is 31.0 Å². The largest absolute Gasteiger partial charge is 0.355 e. The smallest absolute Gasteiger partial charge is 0.232 e. The molecule has 2 aliphatic heterocycles. The Labute approximate surface area is 148 Å². The second kappa shape index (κ2) is 5.98. The number of para-hydroxylation sites is 1. The second-order valence-electron chi connectivity index (χ2n) is 6.93. The van der Waals surface area contributed by atoms with Crippen molar-refractivity contribution >= 4 is 27.3 Å².